The number of ether oxygens (including phenoxy) is 1. The standard InChI is InChI=1S/C16H23NO4/c1-16(2,12-8-4-5-9-13(12)21-3)17-14(18)10-6-7-11-15(19)20/h4-5,8-9H,6-7,10-11H2,1-3H3,(H,17,18)(H,19,20). The van der Waals surface area contributed by atoms with Gasteiger partial charge in [-0.15, -0.1) is 0 Å². The molecule has 0 aliphatic carbocycles. The molecule has 0 spiro atoms. The molecule has 1 aromatic carbocycles. The highest BCUT2D eigenvalue weighted by atomic mass is 16.5. The summed E-state index contributed by atoms with van der Waals surface area (Å²) in [5, 5.41) is 11.5. The predicted molar refractivity (Wildman–Crippen MR) is 80.3 cm³/mol. The van der Waals surface area contributed by atoms with Crippen molar-refractivity contribution >= 4 is 11.9 Å². The maximum atomic E-state index is 12.0. The Kier molecular flexibility index (Phi) is 6.21. The number of hydrogen-bond acceptors (Lipinski definition) is 3. The number of nitrogens with one attached hydrogen (secondary N) is 1. The summed E-state index contributed by atoms with van der Waals surface area (Å²) in [6, 6.07) is 7.56. The normalized spacial score (nSPS) is 11.0. The van der Waals surface area contributed by atoms with Crippen molar-refractivity contribution in [3.8, 4) is 5.75 Å². The monoisotopic (exact) mass is 293 g/mol. The van der Waals surface area contributed by atoms with Gasteiger partial charge >= 0.3 is 5.97 Å². The number of carboxylic acid groups (broad SMARTS) is 1. The average Bonchev–Trinajstić information content (AvgIpc) is 2.43. The van der Waals surface area contributed by atoms with Gasteiger partial charge in [0.1, 0.15) is 5.75 Å². The van der Waals surface area contributed by atoms with E-state index in [4.69, 9.17) is 9.84 Å². The Morgan fingerprint density at radius 2 is 1.81 bits per heavy atom. The maximum absolute atomic E-state index is 12.0. The second kappa shape index (κ2) is 7.67. The molecule has 0 aromatic heterocycles. The van der Waals surface area contributed by atoms with Crippen molar-refractivity contribution < 1.29 is 19.4 Å². The SMILES string of the molecule is COc1ccccc1C(C)(C)NC(=O)CCCCC(=O)O. The van der Waals surface area contributed by atoms with E-state index in [0.29, 0.717) is 19.3 Å². The van der Waals surface area contributed by atoms with Crippen molar-refractivity contribution in [3.05, 3.63) is 29.8 Å². The average molecular weight is 293 g/mol. The van der Waals surface area contributed by atoms with Gasteiger partial charge in [0.15, 0.2) is 0 Å². The van der Waals surface area contributed by atoms with Crippen LogP contribution in [0.2, 0.25) is 0 Å². The van der Waals surface area contributed by atoms with Crippen LogP contribution in [0.25, 0.3) is 0 Å². The highest BCUT2D eigenvalue weighted by Gasteiger charge is 2.25. The molecule has 0 radical (unpaired) electrons. The molecule has 1 amide bonds. The summed E-state index contributed by atoms with van der Waals surface area (Å²) in [4.78, 5) is 22.4. The summed E-state index contributed by atoms with van der Waals surface area (Å²) in [5.41, 5.74) is 0.364. The summed E-state index contributed by atoms with van der Waals surface area (Å²) in [6.07, 6.45) is 1.51. The van der Waals surface area contributed by atoms with E-state index in [9.17, 15) is 9.59 Å². The molecule has 2 N–H and O–H groups in total. The fourth-order valence-electron chi connectivity index (χ4n) is 2.20. The number of carbonyl (C=O) groups excluding carboxylic acids is 1. The summed E-state index contributed by atoms with van der Waals surface area (Å²) in [5.74, 6) is -0.185. The molecule has 0 aliphatic rings. The van der Waals surface area contributed by atoms with Gasteiger partial charge in [0.05, 0.1) is 12.6 Å². The molecule has 5 heteroatoms. The number of amides is 1. The maximum Gasteiger partial charge on any atom is 0.303 e. The molecule has 0 heterocycles. The van der Waals surface area contributed by atoms with Gasteiger partial charge in [-0.1, -0.05) is 18.2 Å². The van der Waals surface area contributed by atoms with Crippen LogP contribution >= 0.6 is 0 Å². The Morgan fingerprint density at radius 1 is 1.19 bits per heavy atom. The zero-order chi connectivity index (χ0) is 15.9. The van der Waals surface area contributed by atoms with E-state index in [-0.39, 0.29) is 12.3 Å². The number of unbranched alkanes of at least 4 members (excludes halogenated alkanes) is 1. The fraction of sp³-hybridized carbons (Fsp3) is 0.500. The summed E-state index contributed by atoms with van der Waals surface area (Å²) in [7, 11) is 1.60. The van der Waals surface area contributed by atoms with E-state index in [1.165, 1.54) is 0 Å². The van der Waals surface area contributed by atoms with Gasteiger partial charge < -0.3 is 15.2 Å². The number of hydrogen-bond donors (Lipinski definition) is 2. The summed E-state index contributed by atoms with van der Waals surface area (Å²) >= 11 is 0. The molecular formula is C16H23NO4. The minimum atomic E-state index is -0.829. The molecule has 0 fully saturated rings. The van der Waals surface area contributed by atoms with Crippen LogP contribution in [-0.2, 0) is 15.1 Å². The third-order valence-corrected chi connectivity index (χ3v) is 3.28. The Morgan fingerprint density at radius 3 is 2.43 bits per heavy atom. The highest BCUT2D eigenvalue weighted by Crippen LogP contribution is 2.29. The Bertz CT molecular complexity index is 497. The van der Waals surface area contributed by atoms with Crippen molar-refractivity contribution in [2.24, 2.45) is 0 Å². The first-order chi connectivity index (χ1) is 9.86. The molecular weight excluding hydrogens is 270 g/mol. The quantitative estimate of drug-likeness (QED) is 0.723. The van der Waals surface area contributed by atoms with Crippen LogP contribution in [0.5, 0.6) is 5.75 Å². The van der Waals surface area contributed by atoms with Gasteiger partial charge in [0.2, 0.25) is 5.91 Å². The first-order valence-corrected chi connectivity index (χ1v) is 7.03. The van der Waals surface area contributed by atoms with E-state index < -0.39 is 11.5 Å². The minimum absolute atomic E-state index is 0.0868. The Balaban J connectivity index is 2.59. The second-order valence-electron chi connectivity index (χ2n) is 5.47. The number of rotatable bonds is 8. The van der Waals surface area contributed by atoms with Crippen LogP contribution in [-0.4, -0.2) is 24.1 Å². The number of para-hydroxylation sites is 1. The molecule has 1 rings (SSSR count). The second-order valence-corrected chi connectivity index (χ2v) is 5.47. The third-order valence-electron chi connectivity index (χ3n) is 3.28. The molecule has 0 unspecified atom stereocenters. The smallest absolute Gasteiger partial charge is 0.303 e. The van der Waals surface area contributed by atoms with Gasteiger partial charge in [0, 0.05) is 18.4 Å². The molecule has 0 bridgehead atoms. The molecule has 0 atom stereocenters. The molecule has 0 aliphatic heterocycles. The van der Waals surface area contributed by atoms with E-state index in [2.05, 4.69) is 5.32 Å². The lowest BCUT2D eigenvalue weighted by molar-refractivity contribution is -0.137. The lowest BCUT2D eigenvalue weighted by atomic mass is 9.93. The molecule has 5 nitrogen and oxygen atoms in total. The minimum Gasteiger partial charge on any atom is -0.496 e. The van der Waals surface area contributed by atoms with Crippen molar-refractivity contribution in [1.29, 1.82) is 0 Å². The lowest BCUT2D eigenvalue weighted by Gasteiger charge is -2.28. The lowest BCUT2D eigenvalue weighted by Crippen LogP contribution is -2.41. The van der Waals surface area contributed by atoms with Gasteiger partial charge in [-0.3, -0.25) is 9.59 Å². The number of carbonyl (C=O) groups is 2. The Labute approximate surface area is 125 Å². The van der Waals surface area contributed by atoms with Gasteiger partial charge in [-0.05, 0) is 32.8 Å². The van der Waals surface area contributed by atoms with E-state index >= 15 is 0 Å². The Hall–Kier alpha value is -2.04. The van der Waals surface area contributed by atoms with Crippen molar-refractivity contribution in [3.63, 3.8) is 0 Å². The van der Waals surface area contributed by atoms with E-state index in [1.54, 1.807) is 7.11 Å². The summed E-state index contributed by atoms with van der Waals surface area (Å²) < 4.78 is 5.32. The van der Waals surface area contributed by atoms with Crippen LogP contribution in [0.3, 0.4) is 0 Å². The largest absolute Gasteiger partial charge is 0.496 e. The van der Waals surface area contributed by atoms with E-state index in [0.717, 1.165) is 11.3 Å². The van der Waals surface area contributed by atoms with Crippen LogP contribution < -0.4 is 10.1 Å². The van der Waals surface area contributed by atoms with Crippen molar-refractivity contribution in [2.75, 3.05) is 7.11 Å². The topological polar surface area (TPSA) is 75.6 Å². The number of benzene rings is 1. The van der Waals surface area contributed by atoms with Crippen LogP contribution in [0.15, 0.2) is 24.3 Å². The number of methoxy groups -OCH3 is 1. The van der Waals surface area contributed by atoms with Gasteiger partial charge in [-0.2, -0.15) is 0 Å². The number of aliphatic carboxylic acids is 1. The molecule has 21 heavy (non-hydrogen) atoms. The fourth-order valence-corrected chi connectivity index (χ4v) is 2.20. The number of carboxylic acids is 1. The van der Waals surface area contributed by atoms with Crippen LogP contribution in [0.4, 0.5) is 0 Å². The van der Waals surface area contributed by atoms with Crippen molar-refractivity contribution in [2.45, 2.75) is 45.1 Å². The zero-order valence-electron chi connectivity index (χ0n) is 12.8. The van der Waals surface area contributed by atoms with Crippen LogP contribution in [0, 0.1) is 0 Å². The predicted octanol–water partition coefficient (Wildman–Crippen LogP) is 2.69. The molecule has 0 saturated carbocycles. The van der Waals surface area contributed by atoms with Crippen LogP contribution in [0.1, 0.15) is 45.1 Å². The molecule has 116 valence electrons. The zero-order valence-corrected chi connectivity index (χ0v) is 12.8. The first-order valence-electron chi connectivity index (χ1n) is 7.03. The van der Waals surface area contributed by atoms with Gasteiger partial charge in [-0.25, -0.2) is 0 Å². The van der Waals surface area contributed by atoms with Crippen molar-refractivity contribution in [1.82, 2.24) is 5.32 Å². The highest BCUT2D eigenvalue weighted by molar-refractivity contribution is 5.77. The molecule has 0 saturated heterocycles. The summed E-state index contributed by atoms with van der Waals surface area (Å²) in [6.45, 7) is 3.83. The first kappa shape index (κ1) is 17.0. The van der Waals surface area contributed by atoms with E-state index in [1.807, 2.05) is 38.1 Å². The van der Waals surface area contributed by atoms with Gasteiger partial charge in [0.25, 0.3) is 0 Å². The third kappa shape index (κ3) is 5.45. The molecule has 1 aromatic rings.